The van der Waals surface area contributed by atoms with Gasteiger partial charge in [0.2, 0.25) is 5.91 Å². The third-order valence-corrected chi connectivity index (χ3v) is 7.03. The predicted octanol–water partition coefficient (Wildman–Crippen LogP) is 0.368. The molecule has 0 unspecified atom stereocenters. The highest BCUT2D eigenvalue weighted by Crippen LogP contribution is 2.29. The maximum absolute atomic E-state index is 12.5. The third kappa shape index (κ3) is 2.26. The van der Waals surface area contributed by atoms with Crippen LogP contribution >= 0.6 is 11.3 Å². The van der Waals surface area contributed by atoms with E-state index in [1.807, 2.05) is 0 Å². The van der Waals surface area contributed by atoms with Crippen LogP contribution in [-0.2, 0) is 19.6 Å². The average Bonchev–Trinajstić information content (AvgIpc) is 3.07. The average molecular weight is 316 g/mol. The van der Waals surface area contributed by atoms with Gasteiger partial charge in [0.1, 0.15) is 4.21 Å². The summed E-state index contributed by atoms with van der Waals surface area (Å²) >= 11 is 1.18. The molecule has 0 N–H and O–H groups in total. The van der Waals surface area contributed by atoms with Crippen LogP contribution in [-0.4, -0.2) is 62.4 Å². The Bertz CT molecular complexity index is 599. The van der Waals surface area contributed by atoms with Crippen LogP contribution in [0.2, 0.25) is 0 Å². The molecule has 1 aromatic rings. The lowest BCUT2D eigenvalue weighted by molar-refractivity contribution is -0.135. The van der Waals surface area contributed by atoms with Crippen molar-refractivity contribution < 1.29 is 17.9 Å². The molecule has 20 heavy (non-hydrogen) atoms. The van der Waals surface area contributed by atoms with Crippen molar-refractivity contribution in [3.05, 3.63) is 17.5 Å². The number of hydrogen-bond donors (Lipinski definition) is 0. The van der Waals surface area contributed by atoms with E-state index in [0.29, 0.717) is 23.7 Å². The summed E-state index contributed by atoms with van der Waals surface area (Å²) in [5, 5.41) is 1.72. The first-order valence-electron chi connectivity index (χ1n) is 6.38. The number of fused-ring (bicyclic) bond motifs is 1. The number of carbonyl (C=O) groups is 1. The molecule has 0 spiro atoms. The summed E-state index contributed by atoms with van der Waals surface area (Å²) in [6.45, 7) is 0.839. The van der Waals surface area contributed by atoms with Gasteiger partial charge in [-0.05, 0) is 17.9 Å². The first kappa shape index (κ1) is 14.0. The van der Waals surface area contributed by atoms with Crippen molar-refractivity contribution in [2.24, 2.45) is 0 Å². The minimum atomic E-state index is -3.55. The molecule has 0 radical (unpaired) electrons. The molecule has 8 heteroatoms. The summed E-state index contributed by atoms with van der Waals surface area (Å²) in [6.07, 6.45) is 0.701. The Labute approximate surface area is 122 Å². The molecule has 2 aliphatic rings. The molecule has 3 heterocycles. The van der Waals surface area contributed by atoms with Crippen LogP contribution < -0.4 is 0 Å². The predicted molar refractivity (Wildman–Crippen MR) is 74.0 cm³/mol. The molecule has 0 aromatic carbocycles. The molecule has 1 amide bonds. The van der Waals surface area contributed by atoms with Crippen molar-refractivity contribution >= 4 is 27.3 Å². The van der Waals surface area contributed by atoms with Crippen LogP contribution in [0, 0.1) is 0 Å². The Hall–Kier alpha value is -0.960. The van der Waals surface area contributed by atoms with Crippen molar-refractivity contribution in [3.63, 3.8) is 0 Å². The van der Waals surface area contributed by atoms with Crippen LogP contribution in [0.5, 0.6) is 0 Å². The van der Waals surface area contributed by atoms with Gasteiger partial charge >= 0.3 is 0 Å². The van der Waals surface area contributed by atoms with Gasteiger partial charge in [-0.15, -0.1) is 11.3 Å². The van der Waals surface area contributed by atoms with E-state index in [0.717, 1.165) is 0 Å². The van der Waals surface area contributed by atoms with E-state index in [4.69, 9.17) is 4.74 Å². The highest BCUT2D eigenvalue weighted by Gasteiger charge is 2.43. The van der Waals surface area contributed by atoms with Crippen LogP contribution in [0.1, 0.15) is 6.42 Å². The smallest absolute Gasteiger partial charge is 0.253 e. The van der Waals surface area contributed by atoms with Gasteiger partial charge in [0.15, 0.2) is 0 Å². The number of methoxy groups -OCH3 is 1. The summed E-state index contributed by atoms with van der Waals surface area (Å²) in [5.41, 5.74) is 0. The van der Waals surface area contributed by atoms with E-state index < -0.39 is 10.0 Å². The molecule has 0 saturated carbocycles. The van der Waals surface area contributed by atoms with Crippen LogP contribution in [0.3, 0.4) is 0 Å². The van der Waals surface area contributed by atoms with E-state index in [2.05, 4.69) is 0 Å². The van der Waals surface area contributed by atoms with Gasteiger partial charge in [-0.25, -0.2) is 8.42 Å². The number of thiophene rings is 1. The number of amides is 1. The standard InChI is InChI=1S/C12H16N2O4S2/c1-18-10-5-9-6-13(8-11(15)14(9)7-10)20(16,17)12-3-2-4-19-12/h2-4,9-10H,5-8H2,1H3/t9-,10-/m0/s1. The minimum Gasteiger partial charge on any atom is -0.380 e. The zero-order valence-electron chi connectivity index (χ0n) is 11.1. The maximum Gasteiger partial charge on any atom is 0.253 e. The van der Waals surface area contributed by atoms with E-state index in [9.17, 15) is 13.2 Å². The number of nitrogens with zero attached hydrogens (tertiary/aromatic N) is 2. The highest BCUT2D eigenvalue weighted by atomic mass is 32.2. The van der Waals surface area contributed by atoms with Crippen LogP contribution in [0.25, 0.3) is 0 Å². The van der Waals surface area contributed by atoms with Gasteiger partial charge in [0, 0.05) is 26.2 Å². The van der Waals surface area contributed by atoms with E-state index in [1.165, 1.54) is 15.6 Å². The highest BCUT2D eigenvalue weighted by molar-refractivity contribution is 7.91. The summed E-state index contributed by atoms with van der Waals surface area (Å²) in [5.74, 6) is -0.138. The Kier molecular flexibility index (Phi) is 3.57. The summed E-state index contributed by atoms with van der Waals surface area (Å²) in [6, 6.07) is 3.20. The largest absolute Gasteiger partial charge is 0.380 e. The summed E-state index contributed by atoms with van der Waals surface area (Å²) < 4.78 is 31.8. The molecule has 2 atom stereocenters. The molecule has 0 bridgehead atoms. The lowest BCUT2D eigenvalue weighted by Crippen LogP contribution is -2.55. The third-order valence-electron chi connectivity index (χ3n) is 3.84. The van der Waals surface area contributed by atoms with Gasteiger partial charge in [0.05, 0.1) is 12.6 Å². The topological polar surface area (TPSA) is 66.9 Å². The lowest BCUT2D eigenvalue weighted by Gasteiger charge is -2.35. The molecular weight excluding hydrogens is 300 g/mol. The van der Waals surface area contributed by atoms with Gasteiger partial charge < -0.3 is 9.64 Å². The molecule has 0 aliphatic carbocycles. The number of ether oxygens (including phenoxy) is 1. The van der Waals surface area contributed by atoms with E-state index >= 15 is 0 Å². The number of hydrogen-bond acceptors (Lipinski definition) is 5. The van der Waals surface area contributed by atoms with Gasteiger partial charge in [-0.1, -0.05) is 6.07 Å². The molecule has 3 rings (SSSR count). The normalized spacial score (nSPS) is 27.9. The van der Waals surface area contributed by atoms with Crippen molar-refractivity contribution in [3.8, 4) is 0 Å². The first-order valence-corrected chi connectivity index (χ1v) is 8.70. The summed E-state index contributed by atoms with van der Waals surface area (Å²) in [4.78, 5) is 13.9. The van der Waals surface area contributed by atoms with E-state index in [-0.39, 0.29) is 24.6 Å². The van der Waals surface area contributed by atoms with E-state index in [1.54, 1.807) is 29.5 Å². The number of carbonyl (C=O) groups excluding carboxylic acids is 1. The monoisotopic (exact) mass is 316 g/mol. The van der Waals surface area contributed by atoms with Gasteiger partial charge in [0.25, 0.3) is 10.0 Å². The maximum atomic E-state index is 12.5. The Morgan fingerprint density at radius 3 is 2.85 bits per heavy atom. The second-order valence-electron chi connectivity index (χ2n) is 5.02. The Morgan fingerprint density at radius 1 is 1.40 bits per heavy atom. The molecule has 1 aromatic heterocycles. The summed E-state index contributed by atoms with van der Waals surface area (Å²) in [7, 11) is -1.93. The van der Waals surface area contributed by atoms with Crippen molar-refractivity contribution in [1.29, 1.82) is 0 Å². The quantitative estimate of drug-likeness (QED) is 0.808. The fourth-order valence-corrected chi connectivity index (χ4v) is 5.36. The zero-order valence-corrected chi connectivity index (χ0v) is 12.7. The molecule has 2 aliphatic heterocycles. The van der Waals surface area contributed by atoms with Gasteiger partial charge in [-0.3, -0.25) is 4.79 Å². The van der Waals surface area contributed by atoms with Crippen molar-refractivity contribution in [1.82, 2.24) is 9.21 Å². The van der Waals surface area contributed by atoms with Gasteiger partial charge in [-0.2, -0.15) is 4.31 Å². The zero-order chi connectivity index (χ0) is 14.3. The molecular formula is C12H16N2O4S2. The van der Waals surface area contributed by atoms with Crippen molar-refractivity contribution in [2.75, 3.05) is 26.7 Å². The number of sulfonamides is 1. The Morgan fingerprint density at radius 2 is 2.20 bits per heavy atom. The van der Waals surface area contributed by atoms with Crippen LogP contribution in [0.4, 0.5) is 0 Å². The first-order chi connectivity index (χ1) is 9.52. The second kappa shape index (κ2) is 5.10. The minimum absolute atomic E-state index is 0.00772. The molecule has 110 valence electrons. The fraction of sp³-hybridized carbons (Fsp3) is 0.583. The fourth-order valence-electron chi connectivity index (χ4n) is 2.78. The number of piperazine rings is 1. The second-order valence-corrected chi connectivity index (χ2v) is 8.14. The number of rotatable bonds is 3. The van der Waals surface area contributed by atoms with Crippen LogP contribution in [0.15, 0.2) is 21.7 Å². The molecule has 2 fully saturated rings. The SMILES string of the molecule is CO[C@H]1C[C@H]2CN(S(=O)(=O)c3cccs3)CC(=O)N2C1. The Balaban J connectivity index is 1.83. The lowest BCUT2D eigenvalue weighted by atomic mass is 10.2. The molecule has 6 nitrogen and oxygen atoms in total. The molecule has 2 saturated heterocycles. The van der Waals surface area contributed by atoms with Crippen molar-refractivity contribution in [2.45, 2.75) is 22.8 Å².